The van der Waals surface area contributed by atoms with Crippen LogP contribution in [0.15, 0.2) is 6.07 Å². The van der Waals surface area contributed by atoms with Crippen LogP contribution in [0.1, 0.15) is 14.5 Å². The Morgan fingerprint density at radius 3 is 2.50 bits per heavy atom. The maximum absolute atomic E-state index is 11.4. The summed E-state index contributed by atoms with van der Waals surface area (Å²) >= 11 is 1.43. The van der Waals surface area contributed by atoms with Crippen LogP contribution in [-0.4, -0.2) is 24.9 Å². The van der Waals surface area contributed by atoms with Crippen molar-refractivity contribution in [3.63, 3.8) is 0 Å². The number of aryl methyl sites for hydroxylation is 1. The number of thiophene rings is 1. The zero-order valence-electron chi connectivity index (χ0n) is 7.42. The Bertz CT molecular complexity index is 285. The summed E-state index contributed by atoms with van der Waals surface area (Å²) < 4.78 is 0. The summed E-state index contributed by atoms with van der Waals surface area (Å²) in [6.07, 6.45) is 0. The van der Waals surface area contributed by atoms with E-state index in [9.17, 15) is 4.79 Å². The summed E-state index contributed by atoms with van der Waals surface area (Å²) in [6.45, 7) is 1.91. The van der Waals surface area contributed by atoms with Gasteiger partial charge in [-0.05, 0) is 13.0 Å². The fourth-order valence-electron chi connectivity index (χ4n) is 0.822. The van der Waals surface area contributed by atoms with Gasteiger partial charge in [-0.25, -0.2) is 0 Å². The minimum atomic E-state index is 0.0137. The number of amides is 1. The first-order valence-corrected chi connectivity index (χ1v) is 4.41. The number of anilines is 1. The van der Waals surface area contributed by atoms with Crippen molar-refractivity contribution in [2.75, 3.05) is 19.8 Å². The van der Waals surface area contributed by atoms with Crippen molar-refractivity contribution < 1.29 is 4.79 Å². The second kappa shape index (κ2) is 3.15. The molecule has 0 bridgehead atoms. The molecule has 0 fully saturated rings. The van der Waals surface area contributed by atoms with Gasteiger partial charge in [-0.15, -0.1) is 11.3 Å². The van der Waals surface area contributed by atoms with Crippen molar-refractivity contribution in [3.05, 3.63) is 15.8 Å². The SMILES string of the molecule is Cc1sc(C(=O)N(C)C)cc1N. The summed E-state index contributed by atoms with van der Waals surface area (Å²) in [4.78, 5) is 14.6. The van der Waals surface area contributed by atoms with Gasteiger partial charge in [0.15, 0.2) is 0 Å². The molecule has 0 aromatic carbocycles. The van der Waals surface area contributed by atoms with E-state index in [4.69, 9.17) is 5.73 Å². The van der Waals surface area contributed by atoms with Crippen LogP contribution in [0.5, 0.6) is 0 Å². The molecule has 0 aliphatic carbocycles. The molecule has 0 unspecified atom stereocenters. The molecule has 0 spiro atoms. The molecule has 1 aromatic rings. The molecule has 1 heterocycles. The van der Waals surface area contributed by atoms with Crippen molar-refractivity contribution in [1.82, 2.24) is 4.90 Å². The third-order valence-corrected chi connectivity index (χ3v) is 2.63. The number of nitrogen functional groups attached to an aromatic ring is 1. The lowest BCUT2D eigenvalue weighted by molar-refractivity contribution is 0.0832. The van der Waals surface area contributed by atoms with Crippen molar-refractivity contribution in [2.45, 2.75) is 6.92 Å². The molecule has 3 nitrogen and oxygen atoms in total. The number of rotatable bonds is 1. The van der Waals surface area contributed by atoms with E-state index >= 15 is 0 Å². The van der Waals surface area contributed by atoms with Gasteiger partial charge in [-0.3, -0.25) is 4.79 Å². The number of carbonyl (C=O) groups is 1. The molecule has 4 heteroatoms. The average molecular weight is 184 g/mol. The molecular formula is C8H12N2OS. The monoisotopic (exact) mass is 184 g/mol. The number of hydrogen-bond acceptors (Lipinski definition) is 3. The van der Waals surface area contributed by atoms with Gasteiger partial charge in [0.2, 0.25) is 0 Å². The quantitative estimate of drug-likeness (QED) is 0.716. The minimum Gasteiger partial charge on any atom is -0.398 e. The molecule has 2 N–H and O–H groups in total. The Balaban J connectivity index is 2.97. The highest BCUT2D eigenvalue weighted by Gasteiger charge is 2.11. The fraction of sp³-hybridized carbons (Fsp3) is 0.375. The largest absolute Gasteiger partial charge is 0.398 e. The first kappa shape index (κ1) is 9.06. The second-order valence-corrected chi connectivity index (χ2v) is 4.08. The number of carbonyl (C=O) groups excluding carboxylic acids is 1. The van der Waals surface area contributed by atoms with Crippen LogP contribution in [0.3, 0.4) is 0 Å². The highest BCUT2D eigenvalue weighted by atomic mass is 32.1. The van der Waals surface area contributed by atoms with Crippen LogP contribution in [-0.2, 0) is 0 Å². The second-order valence-electron chi connectivity index (χ2n) is 2.82. The predicted molar refractivity (Wildman–Crippen MR) is 51.5 cm³/mol. The lowest BCUT2D eigenvalue weighted by Crippen LogP contribution is -2.20. The molecular weight excluding hydrogens is 172 g/mol. The normalized spacial score (nSPS) is 9.92. The van der Waals surface area contributed by atoms with Crippen molar-refractivity contribution in [3.8, 4) is 0 Å². The van der Waals surface area contributed by atoms with Crippen LogP contribution < -0.4 is 5.73 Å². The van der Waals surface area contributed by atoms with E-state index in [2.05, 4.69) is 0 Å². The van der Waals surface area contributed by atoms with Gasteiger partial charge in [0.25, 0.3) is 5.91 Å². The van der Waals surface area contributed by atoms with Crippen LogP contribution in [0.25, 0.3) is 0 Å². The van der Waals surface area contributed by atoms with Crippen molar-refractivity contribution in [2.24, 2.45) is 0 Å². The molecule has 0 atom stereocenters. The molecule has 1 amide bonds. The topological polar surface area (TPSA) is 46.3 Å². The molecule has 0 aliphatic rings. The highest BCUT2D eigenvalue weighted by Crippen LogP contribution is 2.23. The van der Waals surface area contributed by atoms with Crippen LogP contribution in [0.2, 0.25) is 0 Å². The van der Waals surface area contributed by atoms with E-state index < -0.39 is 0 Å². The van der Waals surface area contributed by atoms with Gasteiger partial charge in [-0.1, -0.05) is 0 Å². The number of nitrogens with zero attached hydrogens (tertiary/aromatic N) is 1. The van der Waals surface area contributed by atoms with Gasteiger partial charge < -0.3 is 10.6 Å². The van der Waals surface area contributed by atoms with E-state index in [1.165, 1.54) is 11.3 Å². The predicted octanol–water partition coefficient (Wildman–Crippen LogP) is 1.34. The lowest BCUT2D eigenvalue weighted by Gasteiger charge is -2.06. The van der Waals surface area contributed by atoms with E-state index in [1.807, 2.05) is 6.92 Å². The number of hydrogen-bond donors (Lipinski definition) is 1. The van der Waals surface area contributed by atoms with Crippen LogP contribution in [0, 0.1) is 6.92 Å². The van der Waals surface area contributed by atoms with Gasteiger partial charge in [0.05, 0.1) is 4.88 Å². The third kappa shape index (κ3) is 1.58. The Morgan fingerprint density at radius 2 is 2.17 bits per heavy atom. The Labute approximate surface area is 75.8 Å². The fourth-order valence-corrected chi connectivity index (χ4v) is 1.78. The van der Waals surface area contributed by atoms with Gasteiger partial charge >= 0.3 is 0 Å². The summed E-state index contributed by atoms with van der Waals surface area (Å²) in [7, 11) is 3.46. The summed E-state index contributed by atoms with van der Waals surface area (Å²) in [5.74, 6) is 0.0137. The van der Waals surface area contributed by atoms with Crippen LogP contribution >= 0.6 is 11.3 Å². The van der Waals surface area contributed by atoms with Gasteiger partial charge in [0, 0.05) is 24.7 Å². The summed E-state index contributed by atoms with van der Waals surface area (Å²) in [5, 5.41) is 0. The van der Waals surface area contributed by atoms with Crippen molar-refractivity contribution >= 4 is 22.9 Å². The minimum absolute atomic E-state index is 0.0137. The standard InChI is InChI=1S/C8H12N2OS/c1-5-6(9)4-7(12-5)8(11)10(2)3/h4H,9H2,1-3H3. The van der Waals surface area contributed by atoms with E-state index in [0.717, 1.165) is 4.88 Å². The highest BCUT2D eigenvalue weighted by molar-refractivity contribution is 7.14. The maximum atomic E-state index is 11.4. The first-order chi connectivity index (χ1) is 5.52. The van der Waals surface area contributed by atoms with E-state index in [1.54, 1.807) is 25.1 Å². The molecule has 1 aromatic heterocycles. The molecule has 0 radical (unpaired) electrons. The maximum Gasteiger partial charge on any atom is 0.263 e. The Morgan fingerprint density at radius 1 is 1.58 bits per heavy atom. The zero-order valence-corrected chi connectivity index (χ0v) is 8.23. The van der Waals surface area contributed by atoms with Gasteiger partial charge in [0.1, 0.15) is 0 Å². The van der Waals surface area contributed by atoms with Crippen molar-refractivity contribution in [1.29, 1.82) is 0 Å². The van der Waals surface area contributed by atoms with E-state index in [0.29, 0.717) is 10.6 Å². The first-order valence-electron chi connectivity index (χ1n) is 3.60. The zero-order chi connectivity index (χ0) is 9.30. The van der Waals surface area contributed by atoms with Gasteiger partial charge in [-0.2, -0.15) is 0 Å². The molecule has 1 rings (SSSR count). The smallest absolute Gasteiger partial charge is 0.263 e. The number of nitrogens with two attached hydrogens (primary N) is 1. The Hall–Kier alpha value is -1.03. The summed E-state index contributed by atoms with van der Waals surface area (Å²) in [5.41, 5.74) is 6.32. The summed E-state index contributed by atoms with van der Waals surface area (Å²) in [6, 6.07) is 1.72. The third-order valence-electron chi connectivity index (χ3n) is 1.57. The molecule has 0 aliphatic heterocycles. The molecule has 66 valence electrons. The van der Waals surface area contributed by atoms with Crippen LogP contribution in [0.4, 0.5) is 5.69 Å². The Kier molecular flexibility index (Phi) is 2.38. The molecule has 12 heavy (non-hydrogen) atoms. The molecule has 0 saturated carbocycles. The average Bonchev–Trinajstić information content (AvgIpc) is 2.30. The lowest BCUT2D eigenvalue weighted by atomic mass is 10.3. The molecule has 0 saturated heterocycles. The van der Waals surface area contributed by atoms with E-state index in [-0.39, 0.29) is 5.91 Å².